The summed E-state index contributed by atoms with van der Waals surface area (Å²) in [5.74, 6) is -6.97. The van der Waals surface area contributed by atoms with Gasteiger partial charge in [0.25, 0.3) is 0 Å². The van der Waals surface area contributed by atoms with Crippen LogP contribution in [0.15, 0.2) is 18.2 Å². The summed E-state index contributed by atoms with van der Waals surface area (Å²) in [5, 5.41) is 0. The molecular weight excluding hydrogens is 247 g/mol. The summed E-state index contributed by atoms with van der Waals surface area (Å²) in [4.78, 5) is 11.1. The first-order valence-electron chi connectivity index (χ1n) is 5.41. The number of benzene rings is 1. The molecule has 0 heterocycles. The van der Waals surface area contributed by atoms with Gasteiger partial charge in [0.15, 0.2) is 0 Å². The van der Waals surface area contributed by atoms with Gasteiger partial charge >= 0.3 is 11.9 Å². The summed E-state index contributed by atoms with van der Waals surface area (Å²) in [7, 11) is 0. The van der Waals surface area contributed by atoms with Crippen molar-refractivity contribution in [2.45, 2.75) is 25.8 Å². The normalized spacial score (nSPS) is 13.2. The maximum atomic E-state index is 13.9. The quantitative estimate of drug-likeness (QED) is 0.847. The van der Waals surface area contributed by atoms with Crippen LogP contribution in [0.1, 0.15) is 31.0 Å². The fourth-order valence-electron chi connectivity index (χ4n) is 1.48. The second-order valence-corrected chi connectivity index (χ2v) is 3.79. The highest BCUT2D eigenvalue weighted by molar-refractivity contribution is 5.79. The maximum Gasteiger partial charge on any atom is 0.382 e. The lowest BCUT2D eigenvalue weighted by Crippen LogP contribution is -2.30. The largest absolute Gasteiger partial charge is 0.461 e. The third-order valence-electron chi connectivity index (χ3n) is 2.39. The van der Waals surface area contributed by atoms with E-state index in [4.69, 9.17) is 5.73 Å². The molecule has 0 amide bonds. The van der Waals surface area contributed by atoms with Crippen LogP contribution in [0.3, 0.4) is 0 Å². The van der Waals surface area contributed by atoms with Crippen LogP contribution in [-0.2, 0) is 15.5 Å². The molecule has 0 bridgehead atoms. The van der Waals surface area contributed by atoms with Gasteiger partial charge in [-0.05, 0) is 19.9 Å². The van der Waals surface area contributed by atoms with Crippen molar-refractivity contribution in [2.75, 3.05) is 6.61 Å². The monoisotopic (exact) mass is 261 g/mol. The first-order valence-corrected chi connectivity index (χ1v) is 5.41. The number of alkyl halides is 2. The summed E-state index contributed by atoms with van der Waals surface area (Å²) in [6.07, 6.45) is 0. The number of hydrogen-bond acceptors (Lipinski definition) is 3. The Labute approximate surface area is 103 Å². The van der Waals surface area contributed by atoms with E-state index in [0.29, 0.717) is 0 Å². The van der Waals surface area contributed by atoms with Crippen molar-refractivity contribution in [1.29, 1.82) is 0 Å². The van der Waals surface area contributed by atoms with E-state index in [-0.39, 0.29) is 12.2 Å². The molecule has 18 heavy (non-hydrogen) atoms. The minimum atomic E-state index is -4.02. The average molecular weight is 261 g/mol. The Balaban J connectivity index is 3.24. The van der Waals surface area contributed by atoms with E-state index >= 15 is 0 Å². The molecule has 1 rings (SSSR count). The number of ether oxygens (including phenoxy) is 1. The summed E-state index contributed by atoms with van der Waals surface area (Å²) in [6.45, 7) is 2.65. The zero-order valence-electron chi connectivity index (χ0n) is 10.0. The van der Waals surface area contributed by atoms with Crippen LogP contribution < -0.4 is 5.73 Å². The maximum absolute atomic E-state index is 13.9. The fourth-order valence-corrected chi connectivity index (χ4v) is 1.48. The molecule has 100 valence electrons. The molecule has 3 nitrogen and oxygen atoms in total. The van der Waals surface area contributed by atoms with Crippen molar-refractivity contribution < 1.29 is 22.7 Å². The lowest BCUT2D eigenvalue weighted by molar-refractivity contribution is -0.173. The molecule has 1 atom stereocenters. The summed E-state index contributed by atoms with van der Waals surface area (Å²) in [6, 6.07) is 2.62. The molecular formula is C12H14F3NO2. The number of halogens is 3. The van der Waals surface area contributed by atoms with E-state index in [0.717, 1.165) is 6.07 Å². The first-order chi connectivity index (χ1) is 8.32. The lowest BCUT2D eigenvalue weighted by atomic mass is 10.0. The van der Waals surface area contributed by atoms with Crippen LogP contribution in [0.4, 0.5) is 13.2 Å². The summed E-state index contributed by atoms with van der Waals surface area (Å²) < 4.78 is 45.5. The van der Waals surface area contributed by atoms with Crippen molar-refractivity contribution in [2.24, 2.45) is 5.73 Å². The molecule has 1 aromatic carbocycles. The molecule has 0 aliphatic carbocycles. The number of nitrogens with two attached hydrogens (primary N) is 1. The third kappa shape index (κ3) is 2.64. The number of hydrogen-bond donors (Lipinski definition) is 1. The second-order valence-electron chi connectivity index (χ2n) is 3.79. The van der Waals surface area contributed by atoms with Crippen LogP contribution in [0.5, 0.6) is 0 Å². The predicted molar refractivity (Wildman–Crippen MR) is 59.5 cm³/mol. The topological polar surface area (TPSA) is 52.3 Å². The molecule has 6 heteroatoms. The van der Waals surface area contributed by atoms with Crippen LogP contribution in [0.2, 0.25) is 0 Å². The predicted octanol–water partition coefficient (Wildman–Crippen LogP) is 2.50. The Kier molecular flexibility index (Phi) is 4.34. The second kappa shape index (κ2) is 5.39. The van der Waals surface area contributed by atoms with E-state index in [1.165, 1.54) is 26.0 Å². The van der Waals surface area contributed by atoms with Gasteiger partial charge < -0.3 is 10.5 Å². The van der Waals surface area contributed by atoms with E-state index in [1.807, 2.05) is 0 Å². The summed E-state index contributed by atoms with van der Waals surface area (Å²) >= 11 is 0. The average Bonchev–Trinajstić information content (AvgIpc) is 2.28. The molecule has 0 aliphatic heterocycles. The Morgan fingerprint density at radius 1 is 1.50 bits per heavy atom. The van der Waals surface area contributed by atoms with Gasteiger partial charge in [-0.15, -0.1) is 0 Å². The zero-order chi connectivity index (χ0) is 13.9. The molecule has 0 fully saturated rings. The molecule has 0 saturated carbocycles. The standard InChI is InChI=1S/C12H14F3NO2/c1-3-18-11(17)12(14,15)9-6-4-5-8(7(2)16)10(9)13/h4-7H,3,16H2,1-2H3. The smallest absolute Gasteiger partial charge is 0.382 e. The van der Waals surface area contributed by atoms with Gasteiger partial charge in [0.2, 0.25) is 0 Å². The van der Waals surface area contributed by atoms with Crippen molar-refractivity contribution in [3.8, 4) is 0 Å². The molecule has 0 aromatic heterocycles. The zero-order valence-corrected chi connectivity index (χ0v) is 10.0. The van der Waals surface area contributed by atoms with Gasteiger partial charge in [0.1, 0.15) is 5.82 Å². The Morgan fingerprint density at radius 3 is 2.61 bits per heavy atom. The van der Waals surface area contributed by atoms with Gasteiger partial charge in [-0.25, -0.2) is 9.18 Å². The van der Waals surface area contributed by atoms with Gasteiger partial charge in [-0.2, -0.15) is 8.78 Å². The third-order valence-corrected chi connectivity index (χ3v) is 2.39. The molecule has 0 radical (unpaired) electrons. The van der Waals surface area contributed by atoms with Gasteiger partial charge in [-0.3, -0.25) is 0 Å². The Morgan fingerprint density at radius 2 is 2.11 bits per heavy atom. The minimum absolute atomic E-state index is 0.0727. The van der Waals surface area contributed by atoms with Crippen LogP contribution in [0.25, 0.3) is 0 Å². The highest BCUT2D eigenvalue weighted by Crippen LogP contribution is 2.33. The van der Waals surface area contributed by atoms with E-state index in [2.05, 4.69) is 4.74 Å². The Hall–Kier alpha value is -1.56. The van der Waals surface area contributed by atoms with Crippen molar-refractivity contribution >= 4 is 5.97 Å². The minimum Gasteiger partial charge on any atom is -0.461 e. The van der Waals surface area contributed by atoms with Crippen LogP contribution in [0, 0.1) is 5.82 Å². The first kappa shape index (κ1) is 14.5. The van der Waals surface area contributed by atoms with Crippen LogP contribution >= 0.6 is 0 Å². The number of rotatable bonds is 4. The number of carbonyl (C=O) groups is 1. The SMILES string of the molecule is CCOC(=O)C(F)(F)c1cccc(C(C)N)c1F. The van der Waals surface area contributed by atoms with E-state index < -0.39 is 29.3 Å². The van der Waals surface area contributed by atoms with Gasteiger partial charge in [-0.1, -0.05) is 12.1 Å². The highest BCUT2D eigenvalue weighted by Gasteiger charge is 2.45. The molecule has 0 aliphatic rings. The van der Waals surface area contributed by atoms with E-state index in [9.17, 15) is 18.0 Å². The van der Waals surface area contributed by atoms with E-state index in [1.54, 1.807) is 0 Å². The Bertz CT molecular complexity index is 447. The molecule has 1 unspecified atom stereocenters. The van der Waals surface area contributed by atoms with Gasteiger partial charge in [0, 0.05) is 11.6 Å². The number of carbonyl (C=O) groups excluding carboxylic acids is 1. The van der Waals surface area contributed by atoms with Gasteiger partial charge in [0.05, 0.1) is 12.2 Å². The highest BCUT2D eigenvalue weighted by atomic mass is 19.3. The van der Waals surface area contributed by atoms with Crippen molar-refractivity contribution in [1.82, 2.24) is 0 Å². The fraction of sp³-hybridized carbons (Fsp3) is 0.417. The molecule has 0 saturated heterocycles. The van der Waals surface area contributed by atoms with Crippen molar-refractivity contribution in [3.05, 3.63) is 35.1 Å². The number of esters is 1. The molecule has 2 N–H and O–H groups in total. The summed E-state index contributed by atoms with van der Waals surface area (Å²) in [5.41, 5.74) is 4.37. The lowest BCUT2D eigenvalue weighted by Gasteiger charge is -2.18. The molecule has 0 spiro atoms. The molecule has 1 aromatic rings. The van der Waals surface area contributed by atoms with Crippen LogP contribution in [-0.4, -0.2) is 12.6 Å². The van der Waals surface area contributed by atoms with Crippen molar-refractivity contribution in [3.63, 3.8) is 0 Å².